The van der Waals surface area contributed by atoms with Gasteiger partial charge in [0, 0.05) is 29.7 Å². The SMILES string of the molecule is COc1ccc2c(CCNC(=O)CSc3nnnn3-c3ccc(C)cc3C)c[nH]c2c1. The van der Waals surface area contributed by atoms with Gasteiger partial charge in [-0.05, 0) is 60.0 Å². The predicted molar refractivity (Wildman–Crippen MR) is 121 cm³/mol. The van der Waals surface area contributed by atoms with Crippen LogP contribution in [0.2, 0.25) is 0 Å². The van der Waals surface area contributed by atoms with E-state index in [1.807, 2.05) is 50.4 Å². The third-order valence-electron chi connectivity index (χ3n) is 5.04. The molecular weight excluding hydrogens is 412 g/mol. The van der Waals surface area contributed by atoms with Gasteiger partial charge in [0.2, 0.25) is 11.1 Å². The molecule has 0 aliphatic carbocycles. The maximum Gasteiger partial charge on any atom is 0.230 e. The minimum atomic E-state index is -0.0540. The van der Waals surface area contributed by atoms with Crippen LogP contribution < -0.4 is 10.1 Å². The average Bonchev–Trinajstić information content (AvgIpc) is 3.39. The molecule has 0 radical (unpaired) electrons. The van der Waals surface area contributed by atoms with Crippen LogP contribution in [0.5, 0.6) is 5.75 Å². The van der Waals surface area contributed by atoms with E-state index in [0.717, 1.165) is 39.9 Å². The van der Waals surface area contributed by atoms with Crippen LogP contribution in [-0.2, 0) is 11.2 Å². The molecule has 0 saturated carbocycles. The van der Waals surface area contributed by atoms with Crippen molar-refractivity contribution in [1.82, 2.24) is 30.5 Å². The number of aromatic amines is 1. The molecule has 160 valence electrons. The van der Waals surface area contributed by atoms with Crippen LogP contribution >= 0.6 is 11.8 Å². The number of nitrogens with one attached hydrogen (secondary N) is 2. The molecule has 0 saturated heterocycles. The molecule has 9 heteroatoms. The smallest absolute Gasteiger partial charge is 0.230 e. The lowest BCUT2D eigenvalue weighted by atomic mass is 10.1. The number of carbonyl (C=O) groups is 1. The van der Waals surface area contributed by atoms with Crippen molar-refractivity contribution in [2.45, 2.75) is 25.4 Å². The number of aromatic nitrogens is 5. The maximum atomic E-state index is 12.3. The van der Waals surface area contributed by atoms with Gasteiger partial charge in [-0.2, -0.15) is 4.68 Å². The average molecular weight is 437 g/mol. The number of benzene rings is 2. The second kappa shape index (κ2) is 9.22. The highest BCUT2D eigenvalue weighted by Crippen LogP contribution is 2.24. The Morgan fingerprint density at radius 2 is 2.10 bits per heavy atom. The summed E-state index contributed by atoms with van der Waals surface area (Å²) in [6.45, 7) is 4.62. The van der Waals surface area contributed by atoms with Crippen molar-refractivity contribution >= 4 is 28.6 Å². The number of ether oxygens (including phenoxy) is 1. The van der Waals surface area contributed by atoms with E-state index in [0.29, 0.717) is 11.7 Å². The van der Waals surface area contributed by atoms with E-state index in [4.69, 9.17) is 4.74 Å². The maximum absolute atomic E-state index is 12.3. The first-order chi connectivity index (χ1) is 15.0. The second-order valence-electron chi connectivity index (χ2n) is 7.28. The van der Waals surface area contributed by atoms with Crippen LogP contribution in [0.1, 0.15) is 16.7 Å². The van der Waals surface area contributed by atoms with Crippen molar-refractivity contribution in [2.24, 2.45) is 0 Å². The van der Waals surface area contributed by atoms with Gasteiger partial charge in [-0.15, -0.1) is 5.10 Å². The van der Waals surface area contributed by atoms with Crippen molar-refractivity contribution in [2.75, 3.05) is 19.4 Å². The summed E-state index contributed by atoms with van der Waals surface area (Å²) in [7, 11) is 1.65. The van der Waals surface area contributed by atoms with E-state index in [-0.39, 0.29) is 11.7 Å². The summed E-state index contributed by atoms with van der Waals surface area (Å²) in [5, 5.41) is 16.6. The summed E-state index contributed by atoms with van der Waals surface area (Å²) in [6, 6.07) is 12.0. The van der Waals surface area contributed by atoms with E-state index in [1.54, 1.807) is 11.8 Å². The van der Waals surface area contributed by atoms with Gasteiger partial charge in [0.15, 0.2) is 0 Å². The van der Waals surface area contributed by atoms with Crippen LogP contribution in [0, 0.1) is 13.8 Å². The third kappa shape index (κ3) is 4.72. The lowest BCUT2D eigenvalue weighted by Gasteiger charge is -2.08. The summed E-state index contributed by atoms with van der Waals surface area (Å²) in [5.41, 5.74) is 5.35. The number of hydrogen-bond acceptors (Lipinski definition) is 6. The summed E-state index contributed by atoms with van der Waals surface area (Å²) in [5.74, 6) is 1.01. The van der Waals surface area contributed by atoms with Gasteiger partial charge in [0.1, 0.15) is 5.75 Å². The number of aryl methyl sites for hydroxylation is 2. The van der Waals surface area contributed by atoms with Crippen LogP contribution in [0.3, 0.4) is 0 Å². The molecule has 0 bridgehead atoms. The van der Waals surface area contributed by atoms with Gasteiger partial charge < -0.3 is 15.0 Å². The minimum Gasteiger partial charge on any atom is -0.497 e. The Labute approximate surface area is 184 Å². The van der Waals surface area contributed by atoms with Crippen molar-refractivity contribution in [3.05, 3.63) is 59.3 Å². The number of fused-ring (bicyclic) bond motifs is 1. The summed E-state index contributed by atoms with van der Waals surface area (Å²) >= 11 is 1.32. The van der Waals surface area contributed by atoms with Crippen molar-refractivity contribution in [3.8, 4) is 11.4 Å². The molecule has 2 N–H and O–H groups in total. The van der Waals surface area contributed by atoms with Crippen LogP contribution in [0.15, 0.2) is 47.8 Å². The first kappa shape index (κ1) is 20.9. The normalized spacial score (nSPS) is 11.1. The van der Waals surface area contributed by atoms with Crippen molar-refractivity contribution < 1.29 is 9.53 Å². The summed E-state index contributed by atoms with van der Waals surface area (Å²) in [6.07, 6.45) is 2.71. The van der Waals surface area contributed by atoms with Crippen molar-refractivity contribution in [1.29, 1.82) is 0 Å². The topological polar surface area (TPSA) is 97.7 Å². The molecular formula is C22H24N6O2S. The Bertz CT molecular complexity index is 1220. The number of amides is 1. The third-order valence-corrected chi connectivity index (χ3v) is 5.96. The Balaban J connectivity index is 1.31. The van der Waals surface area contributed by atoms with Gasteiger partial charge in [0.05, 0.1) is 18.6 Å². The molecule has 0 spiro atoms. The van der Waals surface area contributed by atoms with E-state index in [1.165, 1.54) is 17.3 Å². The van der Waals surface area contributed by atoms with Gasteiger partial charge in [-0.3, -0.25) is 4.79 Å². The molecule has 31 heavy (non-hydrogen) atoms. The van der Waals surface area contributed by atoms with E-state index in [9.17, 15) is 4.79 Å². The molecule has 0 atom stereocenters. The Hall–Kier alpha value is -3.33. The fourth-order valence-corrected chi connectivity index (χ4v) is 4.19. The fraction of sp³-hybridized carbons (Fsp3) is 0.273. The first-order valence-corrected chi connectivity index (χ1v) is 10.9. The number of hydrogen-bond donors (Lipinski definition) is 2. The van der Waals surface area contributed by atoms with Crippen LogP contribution in [-0.4, -0.2) is 50.5 Å². The zero-order chi connectivity index (χ0) is 21.8. The molecule has 8 nitrogen and oxygen atoms in total. The fourth-order valence-electron chi connectivity index (χ4n) is 3.48. The van der Waals surface area contributed by atoms with E-state index < -0.39 is 0 Å². The molecule has 2 aromatic carbocycles. The summed E-state index contributed by atoms with van der Waals surface area (Å²) in [4.78, 5) is 15.6. The molecule has 4 rings (SSSR count). The number of H-pyrrole nitrogens is 1. The Morgan fingerprint density at radius 1 is 1.23 bits per heavy atom. The lowest BCUT2D eigenvalue weighted by molar-refractivity contribution is -0.118. The highest BCUT2D eigenvalue weighted by atomic mass is 32.2. The Kier molecular flexibility index (Phi) is 6.22. The number of carbonyl (C=O) groups excluding carboxylic acids is 1. The number of nitrogens with zero attached hydrogens (tertiary/aromatic N) is 4. The predicted octanol–water partition coefficient (Wildman–Crippen LogP) is 3.22. The molecule has 1 amide bonds. The number of thioether (sulfide) groups is 1. The minimum absolute atomic E-state index is 0.0540. The van der Waals surface area contributed by atoms with Crippen LogP contribution in [0.4, 0.5) is 0 Å². The zero-order valence-corrected chi connectivity index (χ0v) is 18.5. The van der Waals surface area contributed by atoms with Gasteiger partial charge in [0.25, 0.3) is 0 Å². The first-order valence-electron chi connectivity index (χ1n) is 9.94. The van der Waals surface area contributed by atoms with E-state index in [2.05, 4.69) is 31.9 Å². The Morgan fingerprint density at radius 3 is 2.90 bits per heavy atom. The lowest BCUT2D eigenvalue weighted by Crippen LogP contribution is -2.27. The molecule has 0 unspecified atom stereocenters. The molecule has 0 fully saturated rings. The van der Waals surface area contributed by atoms with Gasteiger partial charge in [-0.25, -0.2) is 0 Å². The van der Waals surface area contributed by atoms with Crippen LogP contribution in [0.25, 0.3) is 16.6 Å². The number of rotatable bonds is 8. The molecule has 2 heterocycles. The van der Waals surface area contributed by atoms with Gasteiger partial charge in [-0.1, -0.05) is 29.5 Å². The summed E-state index contributed by atoms with van der Waals surface area (Å²) < 4.78 is 6.93. The number of methoxy groups -OCH3 is 1. The largest absolute Gasteiger partial charge is 0.497 e. The highest BCUT2D eigenvalue weighted by molar-refractivity contribution is 7.99. The standard InChI is InChI=1S/C22H24N6O2S/c1-14-4-7-20(15(2)10-14)28-22(25-26-27-28)31-13-21(29)23-9-8-16-12-24-19-11-17(30-3)5-6-18(16)19/h4-7,10-12,24H,8-9,13H2,1-3H3,(H,23,29). The molecule has 4 aromatic rings. The van der Waals surface area contributed by atoms with Crippen molar-refractivity contribution in [3.63, 3.8) is 0 Å². The zero-order valence-electron chi connectivity index (χ0n) is 17.7. The quantitative estimate of drug-likeness (QED) is 0.412. The molecule has 0 aliphatic heterocycles. The second-order valence-corrected chi connectivity index (χ2v) is 8.22. The van der Waals surface area contributed by atoms with E-state index >= 15 is 0 Å². The molecule has 0 aliphatic rings. The number of tetrazole rings is 1. The van der Waals surface area contributed by atoms with Gasteiger partial charge >= 0.3 is 0 Å². The monoisotopic (exact) mass is 436 g/mol. The molecule has 2 aromatic heterocycles. The highest BCUT2D eigenvalue weighted by Gasteiger charge is 2.13.